The SMILES string of the molecule is C=C(CN1C[C@@H](C)NC[C@@H]1CN1CCO[C@H](C(=O)NCc2ccc(CNS)cc2)C1)N1CC(C)(C)c2[nH]c(=O)c(Cc3ccc(F)cc3)cc21. The smallest absolute Gasteiger partial charge is 0.251 e. The van der Waals surface area contributed by atoms with Crippen LogP contribution in [0.1, 0.15) is 48.7 Å². The quantitative estimate of drug-likeness (QED) is 0.183. The molecule has 268 valence electrons. The molecule has 3 atom stereocenters. The van der Waals surface area contributed by atoms with Crippen LogP contribution in [0.25, 0.3) is 0 Å². The van der Waals surface area contributed by atoms with Gasteiger partial charge in [-0.05, 0) is 41.8 Å². The molecule has 3 aromatic rings. The van der Waals surface area contributed by atoms with Crippen molar-refractivity contribution in [2.75, 3.05) is 57.3 Å². The Balaban J connectivity index is 1.09. The lowest BCUT2D eigenvalue weighted by molar-refractivity contribution is -0.139. The van der Waals surface area contributed by atoms with Crippen molar-refractivity contribution in [1.82, 2.24) is 30.1 Å². The van der Waals surface area contributed by atoms with Crippen LogP contribution in [0.3, 0.4) is 0 Å². The number of aromatic amines is 1. The third-order valence-electron chi connectivity index (χ3n) is 10.1. The lowest BCUT2D eigenvalue weighted by Crippen LogP contribution is -2.61. The van der Waals surface area contributed by atoms with Crippen LogP contribution in [0.4, 0.5) is 10.1 Å². The molecule has 1 amide bonds. The van der Waals surface area contributed by atoms with Crippen LogP contribution in [0.5, 0.6) is 0 Å². The summed E-state index contributed by atoms with van der Waals surface area (Å²) in [5.74, 6) is -0.389. The number of halogens is 1. The van der Waals surface area contributed by atoms with Gasteiger partial charge in [-0.3, -0.25) is 24.1 Å². The highest BCUT2D eigenvalue weighted by Crippen LogP contribution is 2.41. The molecule has 50 heavy (non-hydrogen) atoms. The summed E-state index contributed by atoms with van der Waals surface area (Å²) in [4.78, 5) is 36.6. The molecule has 2 aromatic carbocycles. The maximum Gasteiger partial charge on any atom is 0.251 e. The Labute approximate surface area is 300 Å². The molecule has 0 saturated carbocycles. The molecule has 2 saturated heterocycles. The standard InChI is InChI=1S/C38H50FN7O3S/c1-25-20-45(21-26(2)46-24-38(3,4)35-33(46)16-30(36(47)43-35)15-27-9-11-31(39)12-10-27)32(19-40-25)22-44-13-14-49-34(23-44)37(48)41-17-28-5-7-29(8-6-28)18-42-50/h5-12,16,25,32,34,40,42,50H,2,13-15,17-24H2,1,3-4H3,(H,41,48)(H,43,47)/t25-,32-,34+/m1/s1. The molecular formula is C38H50FN7O3S. The molecule has 0 spiro atoms. The number of fused-ring (bicyclic) bond motifs is 1. The Hall–Kier alpha value is -3.52. The zero-order chi connectivity index (χ0) is 35.4. The topological polar surface area (TPSA) is 105 Å². The van der Waals surface area contributed by atoms with E-state index in [0.29, 0.717) is 57.4 Å². The van der Waals surface area contributed by atoms with Gasteiger partial charge in [0.1, 0.15) is 11.9 Å². The minimum atomic E-state index is -0.523. The Kier molecular flexibility index (Phi) is 11.5. The Bertz CT molecular complexity index is 1710. The van der Waals surface area contributed by atoms with E-state index in [0.717, 1.165) is 59.9 Å². The monoisotopic (exact) mass is 703 g/mol. The van der Waals surface area contributed by atoms with Crippen molar-refractivity contribution < 1.29 is 13.9 Å². The summed E-state index contributed by atoms with van der Waals surface area (Å²) in [5, 5.41) is 6.71. The lowest BCUT2D eigenvalue weighted by atomic mass is 9.91. The van der Waals surface area contributed by atoms with E-state index in [2.05, 4.69) is 75.2 Å². The first-order chi connectivity index (χ1) is 24.0. The van der Waals surface area contributed by atoms with E-state index in [9.17, 15) is 14.0 Å². The number of anilines is 1. The second-order valence-corrected chi connectivity index (χ2v) is 14.9. The van der Waals surface area contributed by atoms with E-state index in [-0.39, 0.29) is 28.7 Å². The van der Waals surface area contributed by atoms with E-state index in [4.69, 9.17) is 4.74 Å². The number of pyridine rings is 1. The van der Waals surface area contributed by atoms with Crippen LogP contribution >= 0.6 is 12.8 Å². The highest BCUT2D eigenvalue weighted by Gasteiger charge is 2.39. The van der Waals surface area contributed by atoms with Crippen molar-refractivity contribution in [3.05, 3.63) is 111 Å². The summed E-state index contributed by atoms with van der Waals surface area (Å²) in [6.45, 7) is 17.9. The second-order valence-electron chi connectivity index (χ2n) is 14.6. The molecule has 6 rings (SSSR count). The third kappa shape index (κ3) is 8.67. The normalized spacial score (nSPS) is 22.3. The maximum absolute atomic E-state index is 13.5. The third-order valence-corrected chi connectivity index (χ3v) is 10.3. The number of piperazine rings is 1. The van der Waals surface area contributed by atoms with E-state index in [1.807, 2.05) is 30.3 Å². The van der Waals surface area contributed by atoms with Crippen LogP contribution in [-0.4, -0.2) is 91.3 Å². The molecule has 0 bridgehead atoms. The largest absolute Gasteiger partial charge is 0.366 e. The molecule has 4 N–H and O–H groups in total. The zero-order valence-corrected chi connectivity index (χ0v) is 30.2. The average Bonchev–Trinajstić information content (AvgIpc) is 3.36. The first-order valence-electron chi connectivity index (χ1n) is 17.5. The molecule has 12 heteroatoms. The fourth-order valence-electron chi connectivity index (χ4n) is 7.30. The maximum atomic E-state index is 13.5. The van der Waals surface area contributed by atoms with E-state index < -0.39 is 6.10 Å². The summed E-state index contributed by atoms with van der Waals surface area (Å²) in [7, 11) is 0. The number of aromatic nitrogens is 1. The first kappa shape index (κ1) is 36.3. The molecule has 0 aliphatic carbocycles. The number of nitrogens with one attached hydrogen (secondary N) is 4. The number of amides is 1. The molecule has 4 heterocycles. The Morgan fingerprint density at radius 1 is 1.08 bits per heavy atom. The highest BCUT2D eigenvalue weighted by molar-refractivity contribution is 7.78. The number of carbonyl (C=O) groups excluding carboxylic acids is 1. The predicted octanol–water partition coefficient (Wildman–Crippen LogP) is 3.33. The van der Waals surface area contributed by atoms with Crippen LogP contribution in [0, 0.1) is 5.82 Å². The molecule has 10 nitrogen and oxygen atoms in total. The number of benzene rings is 2. The van der Waals surface area contributed by atoms with Gasteiger partial charge in [-0.15, -0.1) is 0 Å². The van der Waals surface area contributed by atoms with Crippen molar-refractivity contribution in [2.45, 2.75) is 63.9 Å². The Morgan fingerprint density at radius 2 is 1.78 bits per heavy atom. The van der Waals surface area contributed by atoms with Gasteiger partial charge in [-0.2, -0.15) is 0 Å². The van der Waals surface area contributed by atoms with Gasteiger partial charge in [0.05, 0.1) is 12.3 Å². The van der Waals surface area contributed by atoms with Gasteiger partial charge in [-0.25, -0.2) is 4.39 Å². The van der Waals surface area contributed by atoms with Crippen LogP contribution in [0.2, 0.25) is 0 Å². The number of morpholine rings is 1. The Morgan fingerprint density at radius 3 is 2.50 bits per heavy atom. The first-order valence-corrected chi connectivity index (χ1v) is 17.9. The second kappa shape index (κ2) is 15.8. The summed E-state index contributed by atoms with van der Waals surface area (Å²) in [6.07, 6.45) is -0.105. The van der Waals surface area contributed by atoms with Crippen LogP contribution < -0.4 is 25.8 Å². The van der Waals surface area contributed by atoms with Crippen molar-refractivity contribution in [2.24, 2.45) is 0 Å². The van der Waals surface area contributed by atoms with E-state index >= 15 is 0 Å². The van der Waals surface area contributed by atoms with Crippen molar-refractivity contribution in [1.29, 1.82) is 0 Å². The summed E-state index contributed by atoms with van der Waals surface area (Å²) < 4.78 is 22.3. The average molecular weight is 704 g/mol. The minimum absolute atomic E-state index is 0.0939. The fourth-order valence-corrected chi connectivity index (χ4v) is 7.49. The van der Waals surface area contributed by atoms with Crippen LogP contribution in [-0.2, 0) is 34.5 Å². The number of carbonyl (C=O) groups is 1. The minimum Gasteiger partial charge on any atom is -0.366 e. The number of ether oxygens (including phenoxy) is 1. The summed E-state index contributed by atoms with van der Waals surface area (Å²) in [5.41, 5.74) is 6.18. The van der Waals surface area contributed by atoms with Gasteiger partial charge in [0.2, 0.25) is 0 Å². The van der Waals surface area contributed by atoms with Gasteiger partial charge in [0.25, 0.3) is 11.5 Å². The summed E-state index contributed by atoms with van der Waals surface area (Å²) in [6, 6.07) is 16.9. The number of hydrogen-bond donors (Lipinski definition) is 5. The van der Waals surface area contributed by atoms with Crippen molar-refractivity contribution in [3.8, 4) is 0 Å². The predicted molar refractivity (Wildman–Crippen MR) is 199 cm³/mol. The molecule has 3 aliphatic heterocycles. The number of H-pyrrole nitrogens is 1. The zero-order valence-electron chi connectivity index (χ0n) is 29.3. The fraction of sp³-hybridized carbons (Fsp3) is 0.474. The van der Waals surface area contributed by atoms with Crippen LogP contribution in [0.15, 0.2) is 71.7 Å². The van der Waals surface area contributed by atoms with Gasteiger partial charge in [-0.1, -0.05) is 69.6 Å². The molecular weight excluding hydrogens is 654 g/mol. The lowest BCUT2D eigenvalue weighted by Gasteiger charge is -2.44. The number of thiol groups is 1. The molecule has 3 aliphatic rings. The van der Waals surface area contributed by atoms with Gasteiger partial charge in [0, 0.05) is 99.8 Å². The highest BCUT2D eigenvalue weighted by atomic mass is 32.1. The van der Waals surface area contributed by atoms with E-state index in [1.54, 1.807) is 12.1 Å². The number of hydrogen-bond acceptors (Lipinski definition) is 9. The number of nitrogens with zero attached hydrogens (tertiary/aromatic N) is 3. The molecule has 2 fully saturated rings. The number of rotatable bonds is 12. The summed E-state index contributed by atoms with van der Waals surface area (Å²) >= 11 is 4.06. The van der Waals surface area contributed by atoms with Crippen molar-refractivity contribution >= 4 is 24.4 Å². The molecule has 0 unspecified atom stereocenters. The van der Waals surface area contributed by atoms with E-state index in [1.165, 1.54) is 12.1 Å². The van der Waals surface area contributed by atoms with Gasteiger partial charge >= 0.3 is 0 Å². The van der Waals surface area contributed by atoms with Crippen molar-refractivity contribution in [3.63, 3.8) is 0 Å². The van der Waals surface area contributed by atoms with Gasteiger partial charge < -0.3 is 25.3 Å². The van der Waals surface area contributed by atoms with Gasteiger partial charge in [0.15, 0.2) is 0 Å². The molecule has 1 aromatic heterocycles. The molecule has 0 radical (unpaired) electrons.